The molecule has 2 aliphatic heterocycles. The van der Waals surface area contributed by atoms with Crippen LogP contribution in [0.1, 0.15) is 23.7 Å². The molecule has 4 amide bonds. The average Bonchev–Trinajstić information content (AvgIpc) is 3.36. The molecule has 2 atom stereocenters. The maximum absolute atomic E-state index is 13.7. The first-order valence-electron chi connectivity index (χ1n) is 12.0. The molecular weight excluding hydrogens is 528 g/mol. The Balaban J connectivity index is 1.60. The maximum Gasteiger partial charge on any atom is 0.305 e. The molecule has 0 aromatic heterocycles. The summed E-state index contributed by atoms with van der Waals surface area (Å²) in [6.07, 6.45) is -0.412. The van der Waals surface area contributed by atoms with Crippen molar-refractivity contribution in [3.8, 4) is 11.5 Å². The zero-order valence-electron chi connectivity index (χ0n) is 21.1. The number of ketones is 1. The number of ether oxygens (including phenoxy) is 2. The third kappa shape index (κ3) is 5.90. The highest BCUT2D eigenvalue weighted by atomic mass is 16.7. The number of benzene rings is 2. The number of Topliss-reactive ketones (excluding diaryl/α,β-unsaturated/α-hetero) is 1. The molecule has 0 aliphatic carbocycles. The standard InChI is InChI=1S/C26H24N4O10/c1-14(32)29-10-17(28-25(37)24(36)15-6-7-20-21(8-15)40-13-39-20)26(38)30(19-5-3-2-4-18(19)29)11-22(33)27-16(12-31)9-23(34)35/h2-8,12,16-17H,9-11,13H2,1H3,(H,27,33)(H,28,37)(H,34,35)/t16-,17-/m0/s1. The normalized spacial score (nSPS) is 16.3. The first kappa shape index (κ1) is 27.8. The number of carbonyl (C=O) groups is 7. The Hall–Kier alpha value is -5.27. The minimum Gasteiger partial charge on any atom is -0.481 e. The highest BCUT2D eigenvalue weighted by Gasteiger charge is 2.38. The van der Waals surface area contributed by atoms with Crippen molar-refractivity contribution in [2.24, 2.45) is 0 Å². The van der Waals surface area contributed by atoms with Gasteiger partial charge >= 0.3 is 5.97 Å². The number of anilines is 2. The molecule has 40 heavy (non-hydrogen) atoms. The number of fused-ring (bicyclic) bond motifs is 2. The van der Waals surface area contributed by atoms with Gasteiger partial charge in [-0.2, -0.15) is 0 Å². The largest absolute Gasteiger partial charge is 0.481 e. The second-order valence-electron chi connectivity index (χ2n) is 8.87. The Morgan fingerprint density at radius 2 is 1.77 bits per heavy atom. The lowest BCUT2D eigenvalue weighted by Crippen LogP contribution is -2.55. The van der Waals surface area contributed by atoms with E-state index in [0.717, 1.165) is 4.90 Å². The lowest BCUT2D eigenvalue weighted by Gasteiger charge is -2.25. The number of nitrogens with one attached hydrogen (secondary N) is 2. The molecule has 0 fully saturated rings. The minimum absolute atomic E-state index is 0.0240. The van der Waals surface area contributed by atoms with E-state index in [9.17, 15) is 33.6 Å². The third-order valence-electron chi connectivity index (χ3n) is 6.13. The highest BCUT2D eigenvalue weighted by molar-refractivity contribution is 6.43. The number of amides is 4. The van der Waals surface area contributed by atoms with Crippen molar-refractivity contribution in [2.45, 2.75) is 25.4 Å². The number of aldehydes is 1. The summed E-state index contributed by atoms with van der Waals surface area (Å²) in [6.45, 7) is 0.193. The molecule has 0 unspecified atom stereocenters. The summed E-state index contributed by atoms with van der Waals surface area (Å²) in [5.74, 6) is -4.92. The Bertz CT molecular complexity index is 1410. The van der Waals surface area contributed by atoms with Crippen LogP contribution in [0.2, 0.25) is 0 Å². The summed E-state index contributed by atoms with van der Waals surface area (Å²) >= 11 is 0. The molecule has 0 spiro atoms. The summed E-state index contributed by atoms with van der Waals surface area (Å²) in [4.78, 5) is 89.2. The fraction of sp³-hybridized carbons (Fsp3) is 0.269. The van der Waals surface area contributed by atoms with E-state index in [1.54, 1.807) is 12.1 Å². The SMILES string of the molecule is CC(=O)N1C[C@H](NC(=O)C(=O)c2ccc3c(c2)OCO3)C(=O)N(CC(=O)N[C@H](C=O)CC(=O)O)c2ccccc21. The molecule has 0 bridgehead atoms. The number of carboxylic acid groups (broad SMARTS) is 1. The average molecular weight is 552 g/mol. The van der Waals surface area contributed by atoms with Crippen LogP contribution < -0.4 is 29.9 Å². The van der Waals surface area contributed by atoms with E-state index in [0.29, 0.717) is 5.75 Å². The van der Waals surface area contributed by atoms with Crippen molar-refractivity contribution < 1.29 is 48.1 Å². The summed E-state index contributed by atoms with van der Waals surface area (Å²) in [5.41, 5.74) is 0.383. The zero-order chi connectivity index (χ0) is 29.0. The van der Waals surface area contributed by atoms with Gasteiger partial charge in [0, 0.05) is 12.5 Å². The van der Waals surface area contributed by atoms with Crippen molar-refractivity contribution in [3.05, 3.63) is 48.0 Å². The van der Waals surface area contributed by atoms with Gasteiger partial charge in [-0.25, -0.2) is 0 Å². The quantitative estimate of drug-likeness (QED) is 0.210. The van der Waals surface area contributed by atoms with Crippen LogP contribution >= 0.6 is 0 Å². The fourth-order valence-corrected chi connectivity index (χ4v) is 4.27. The molecule has 0 radical (unpaired) electrons. The molecule has 2 aliphatic rings. The lowest BCUT2D eigenvalue weighted by atomic mass is 10.1. The monoisotopic (exact) mass is 552 g/mol. The van der Waals surface area contributed by atoms with Crippen LogP contribution in [0, 0.1) is 0 Å². The molecular formula is C26H24N4O10. The summed E-state index contributed by atoms with van der Waals surface area (Å²) in [7, 11) is 0. The Morgan fingerprint density at radius 3 is 2.45 bits per heavy atom. The van der Waals surface area contributed by atoms with E-state index in [2.05, 4.69) is 10.6 Å². The molecule has 208 valence electrons. The fourth-order valence-electron chi connectivity index (χ4n) is 4.27. The predicted octanol–water partition coefficient (Wildman–Crippen LogP) is -0.359. The van der Waals surface area contributed by atoms with E-state index >= 15 is 0 Å². The van der Waals surface area contributed by atoms with Crippen molar-refractivity contribution in [3.63, 3.8) is 0 Å². The van der Waals surface area contributed by atoms with Crippen LogP contribution in [-0.4, -0.2) is 78.7 Å². The second kappa shape index (κ2) is 11.6. The van der Waals surface area contributed by atoms with Crippen LogP contribution in [0.15, 0.2) is 42.5 Å². The number of nitrogens with zero attached hydrogens (tertiary/aromatic N) is 2. The Morgan fingerprint density at radius 1 is 1.07 bits per heavy atom. The Labute approximate surface area is 226 Å². The molecule has 3 N–H and O–H groups in total. The van der Waals surface area contributed by atoms with Crippen LogP contribution in [0.4, 0.5) is 11.4 Å². The lowest BCUT2D eigenvalue weighted by molar-refractivity contribution is -0.139. The summed E-state index contributed by atoms with van der Waals surface area (Å²) in [5, 5.41) is 13.5. The van der Waals surface area contributed by atoms with Crippen LogP contribution in [0.3, 0.4) is 0 Å². The highest BCUT2D eigenvalue weighted by Crippen LogP contribution is 2.34. The van der Waals surface area contributed by atoms with Gasteiger partial charge in [-0.15, -0.1) is 0 Å². The topological polar surface area (TPSA) is 189 Å². The van der Waals surface area contributed by atoms with Gasteiger partial charge in [0.05, 0.1) is 30.4 Å². The smallest absolute Gasteiger partial charge is 0.305 e. The van der Waals surface area contributed by atoms with Gasteiger partial charge in [-0.05, 0) is 30.3 Å². The summed E-state index contributed by atoms with van der Waals surface area (Å²) in [6, 6.07) is 7.55. The maximum atomic E-state index is 13.7. The summed E-state index contributed by atoms with van der Waals surface area (Å²) < 4.78 is 10.4. The van der Waals surface area contributed by atoms with Crippen molar-refractivity contribution in [1.82, 2.24) is 10.6 Å². The van der Waals surface area contributed by atoms with Crippen LogP contribution in [0.5, 0.6) is 11.5 Å². The number of rotatable bonds is 9. The molecule has 14 heteroatoms. The van der Waals surface area contributed by atoms with Crippen LogP contribution in [0.25, 0.3) is 0 Å². The third-order valence-corrected chi connectivity index (χ3v) is 6.13. The van der Waals surface area contributed by atoms with Gasteiger partial charge in [0.15, 0.2) is 11.5 Å². The second-order valence-corrected chi connectivity index (χ2v) is 8.87. The number of hydrogen-bond donors (Lipinski definition) is 3. The number of carboxylic acids is 1. The van der Waals surface area contributed by atoms with E-state index in [1.165, 1.54) is 42.2 Å². The molecule has 0 saturated carbocycles. The molecule has 2 heterocycles. The molecule has 0 saturated heterocycles. The number of carbonyl (C=O) groups excluding carboxylic acids is 6. The van der Waals surface area contributed by atoms with Gasteiger partial charge in [0.2, 0.25) is 24.4 Å². The number of aliphatic carboxylic acids is 1. The Kier molecular flexibility index (Phi) is 8.07. The van der Waals surface area contributed by atoms with Gasteiger partial charge in [0.1, 0.15) is 18.9 Å². The molecule has 2 aromatic rings. The predicted molar refractivity (Wildman–Crippen MR) is 136 cm³/mol. The van der Waals surface area contributed by atoms with Gasteiger partial charge < -0.3 is 34.9 Å². The minimum atomic E-state index is -1.45. The number of para-hydroxylation sites is 2. The van der Waals surface area contributed by atoms with E-state index in [-0.39, 0.29) is 42.3 Å². The van der Waals surface area contributed by atoms with E-state index in [1.807, 2.05) is 0 Å². The van der Waals surface area contributed by atoms with Crippen LogP contribution in [-0.2, 0) is 28.8 Å². The van der Waals surface area contributed by atoms with E-state index < -0.39 is 60.4 Å². The molecule has 2 aromatic carbocycles. The van der Waals surface area contributed by atoms with Crippen molar-refractivity contribution in [1.29, 1.82) is 0 Å². The van der Waals surface area contributed by atoms with Gasteiger partial charge in [-0.3, -0.25) is 33.7 Å². The van der Waals surface area contributed by atoms with Gasteiger partial charge in [-0.1, -0.05) is 12.1 Å². The van der Waals surface area contributed by atoms with Crippen molar-refractivity contribution >= 4 is 53.0 Å². The first-order valence-corrected chi connectivity index (χ1v) is 12.0. The number of hydrogen-bond acceptors (Lipinski definition) is 9. The zero-order valence-corrected chi connectivity index (χ0v) is 21.1. The molecule has 14 nitrogen and oxygen atoms in total. The van der Waals surface area contributed by atoms with Crippen molar-refractivity contribution in [2.75, 3.05) is 29.7 Å². The molecule has 4 rings (SSSR count). The first-order chi connectivity index (χ1) is 19.1. The van der Waals surface area contributed by atoms with Gasteiger partial charge in [0.25, 0.3) is 11.8 Å². The van der Waals surface area contributed by atoms with E-state index in [4.69, 9.17) is 14.6 Å².